The Hall–Kier alpha value is -1.69. The second-order valence-electron chi connectivity index (χ2n) is 5.26. The van der Waals surface area contributed by atoms with Gasteiger partial charge in [0.1, 0.15) is 0 Å². The number of thioether (sulfide) groups is 1. The molecule has 0 atom stereocenters. The van der Waals surface area contributed by atoms with Crippen LogP contribution in [0.15, 0.2) is 36.4 Å². The smallest absolute Gasteiger partial charge is 0.337 e. The van der Waals surface area contributed by atoms with Gasteiger partial charge in [0, 0.05) is 21.5 Å². The lowest BCUT2D eigenvalue weighted by atomic mass is 10.1. The SMILES string of the molecule is COC(=O)c1ccc(C)c(NC(=O)CSCc2c(Cl)cccc2Cl)c1. The molecule has 0 saturated heterocycles. The second kappa shape index (κ2) is 9.13. The van der Waals surface area contributed by atoms with Crippen LogP contribution >= 0.6 is 35.0 Å². The van der Waals surface area contributed by atoms with Gasteiger partial charge in [0.25, 0.3) is 0 Å². The van der Waals surface area contributed by atoms with Gasteiger partial charge in [-0.05, 0) is 42.3 Å². The van der Waals surface area contributed by atoms with Crippen LogP contribution in [0.2, 0.25) is 10.0 Å². The predicted molar refractivity (Wildman–Crippen MR) is 104 cm³/mol. The number of nitrogens with one attached hydrogen (secondary N) is 1. The van der Waals surface area contributed by atoms with Crippen molar-refractivity contribution in [2.45, 2.75) is 12.7 Å². The minimum Gasteiger partial charge on any atom is -0.465 e. The molecule has 0 aliphatic carbocycles. The molecule has 7 heteroatoms. The fourth-order valence-electron chi connectivity index (χ4n) is 2.10. The number of methoxy groups -OCH3 is 1. The van der Waals surface area contributed by atoms with Crippen molar-refractivity contribution in [2.24, 2.45) is 0 Å². The molecule has 0 unspecified atom stereocenters. The zero-order chi connectivity index (χ0) is 18.4. The first kappa shape index (κ1) is 19.6. The van der Waals surface area contributed by atoms with Crippen molar-refractivity contribution in [3.63, 3.8) is 0 Å². The summed E-state index contributed by atoms with van der Waals surface area (Å²) in [5, 5.41) is 3.98. The topological polar surface area (TPSA) is 55.4 Å². The number of hydrogen-bond acceptors (Lipinski definition) is 4. The molecule has 0 aliphatic rings. The maximum absolute atomic E-state index is 12.2. The first-order valence-electron chi connectivity index (χ1n) is 7.42. The molecule has 0 saturated carbocycles. The summed E-state index contributed by atoms with van der Waals surface area (Å²) in [6.07, 6.45) is 0. The lowest BCUT2D eigenvalue weighted by Crippen LogP contribution is -2.15. The van der Waals surface area contributed by atoms with Crippen molar-refractivity contribution in [1.29, 1.82) is 0 Å². The van der Waals surface area contributed by atoms with E-state index in [0.29, 0.717) is 27.0 Å². The quantitative estimate of drug-likeness (QED) is 0.699. The third-order valence-electron chi connectivity index (χ3n) is 3.47. The summed E-state index contributed by atoms with van der Waals surface area (Å²) in [7, 11) is 1.32. The molecule has 0 spiro atoms. The van der Waals surface area contributed by atoms with Gasteiger partial charge in [0.2, 0.25) is 5.91 Å². The van der Waals surface area contributed by atoms with E-state index < -0.39 is 5.97 Å². The Balaban J connectivity index is 1.95. The molecular weight excluding hydrogens is 381 g/mol. The Bertz CT molecular complexity index is 776. The number of hydrogen-bond donors (Lipinski definition) is 1. The fraction of sp³-hybridized carbons (Fsp3) is 0.222. The van der Waals surface area contributed by atoms with Gasteiger partial charge in [-0.15, -0.1) is 11.8 Å². The highest BCUT2D eigenvalue weighted by Crippen LogP contribution is 2.28. The normalized spacial score (nSPS) is 10.4. The monoisotopic (exact) mass is 397 g/mol. The van der Waals surface area contributed by atoms with Crippen LogP contribution in [0.3, 0.4) is 0 Å². The second-order valence-corrected chi connectivity index (χ2v) is 7.06. The summed E-state index contributed by atoms with van der Waals surface area (Å²) >= 11 is 13.6. The summed E-state index contributed by atoms with van der Waals surface area (Å²) in [4.78, 5) is 23.8. The van der Waals surface area contributed by atoms with Crippen LogP contribution in [0.25, 0.3) is 0 Å². The Morgan fingerprint density at radius 3 is 2.48 bits per heavy atom. The van der Waals surface area contributed by atoms with Crippen LogP contribution in [-0.2, 0) is 15.3 Å². The van der Waals surface area contributed by atoms with Gasteiger partial charge in [0.05, 0.1) is 18.4 Å². The lowest BCUT2D eigenvalue weighted by molar-refractivity contribution is -0.113. The van der Waals surface area contributed by atoms with Gasteiger partial charge in [-0.1, -0.05) is 35.3 Å². The predicted octanol–water partition coefficient (Wildman–Crippen LogP) is 4.96. The summed E-state index contributed by atoms with van der Waals surface area (Å²) < 4.78 is 4.69. The number of halogens is 2. The van der Waals surface area contributed by atoms with Crippen LogP contribution in [0.4, 0.5) is 5.69 Å². The van der Waals surface area contributed by atoms with Crippen molar-refractivity contribution in [3.05, 3.63) is 63.1 Å². The van der Waals surface area contributed by atoms with Crippen LogP contribution in [0.5, 0.6) is 0 Å². The van der Waals surface area contributed by atoms with E-state index in [1.54, 1.807) is 36.4 Å². The van der Waals surface area contributed by atoms with Crippen molar-refractivity contribution < 1.29 is 14.3 Å². The van der Waals surface area contributed by atoms with Gasteiger partial charge in [-0.25, -0.2) is 4.79 Å². The molecule has 2 rings (SSSR count). The molecule has 0 aliphatic heterocycles. The fourth-order valence-corrected chi connectivity index (χ4v) is 3.67. The van der Waals surface area contributed by atoms with Gasteiger partial charge in [-0.2, -0.15) is 0 Å². The number of carbonyl (C=O) groups excluding carboxylic acids is 2. The largest absolute Gasteiger partial charge is 0.465 e. The first-order valence-corrected chi connectivity index (χ1v) is 9.33. The number of aryl methyl sites for hydroxylation is 1. The Kier molecular flexibility index (Phi) is 7.17. The molecule has 0 radical (unpaired) electrons. The Labute approximate surface area is 160 Å². The molecule has 1 N–H and O–H groups in total. The first-order chi connectivity index (χ1) is 11.9. The molecule has 132 valence electrons. The number of benzene rings is 2. The van der Waals surface area contributed by atoms with Crippen molar-refractivity contribution in [1.82, 2.24) is 0 Å². The number of anilines is 1. The van der Waals surface area contributed by atoms with Gasteiger partial charge in [-0.3, -0.25) is 4.79 Å². The van der Waals surface area contributed by atoms with E-state index in [-0.39, 0.29) is 11.7 Å². The molecule has 25 heavy (non-hydrogen) atoms. The van der Waals surface area contributed by atoms with Crippen LogP contribution in [0, 0.1) is 6.92 Å². The maximum Gasteiger partial charge on any atom is 0.337 e. The number of rotatable bonds is 6. The lowest BCUT2D eigenvalue weighted by Gasteiger charge is -2.10. The van der Waals surface area contributed by atoms with E-state index >= 15 is 0 Å². The summed E-state index contributed by atoms with van der Waals surface area (Å²) in [6.45, 7) is 1.85. The maximum atomic E-state index is 12.2. The number of amides is 1. The summed E-state index contributed by atoms with van der Waals surface area (Å²) in [5.74, 6) is 0.160. The Morgan fingerprint density at radius 1 is 1.16 bits per heavy atom. The van der Waals surface area contributed by atoms with Gasteiger partial charge in [0.15, 0.2) is 0 Å². The van der Waals surface area contributed by atoms with E-state index in [2.05, 4.69) is 5.32 Å². The van der Waals surface area contributed by atoms with E-state index in [0.717, 1.165) is 11.1 Å². The van der Waals surface area contributed by atoms with Crippen LogP contribution < -0.4 is 5.32 Å². The highest BCUT2D eigenvalue weighted by Gasteiger charge is 2.11. The zero-order valence-corrected chi connectivity index (χ0v) is 16.1. The van der Waals surface area contributed by atoms with Crippen molar-refractivity contribution in [2.75, 3.05) is 18.2 Å². The molecule has 0 fully saturated rings. The third-order valence-corrected chi connectivity index (χ3v) is 5.14. The van der Waals surface area contributed by atoms with Crippen molar-refractivity contribution >= 4 is 52.5 Å². The minimum absolute atomic E-state index is 0.168. The third kappa shape index (κ3) is 5.39. The van der Waals surface area contributed by atoms with E-state index in [1.165, 1.54) is 18.9 Å². The molecule has 0 heterocycles. The van der Waals surface area contributed by atoms with E-state index in [4.69, 9.17) is 27.9 Å². The van der Waals surface area contributed by atoms with E-state index in [9.17, 15) is 9.59 Å². The zero-order valence-electron chi connectivity index (χ0n) is 13.8. The highest BCUT2D eigenvalue weighted by atomic mass is 35.5. The van der Waals surface area contributed by atoms with Gasteiger partial charge < -0.3 is 10.1 Å². The number of ether oxygens (including phenoxy) is 1. The standard InChI is InChI=1S/C18H17Cl2NO3S/c1-11-6-7-12(18(23)24-2)8-16(11)21-17(22)10-25-9-13-14(19)4-3-5-15(13)20/h3-8H,9-10H2,1-2H3,(H,21,22). The van der Waals surface area contributed by atoms with Crippen LogP contribution in [0.1, 0.15) is 21.5 Å². The minimum atomic E-state index is -0.446. The summed E-state index contributed by atoms with van der Waals surface area (Å²) in [6, 6.07) is 10.3. The average Bonchev–Trinajstić information content (AvgIpc) is 2.58. The molecular formula is C18H17Cl2NO3S. The molecule has 4 nitrogen and oxygen atoms in total. The molecule has 1 amide bonds. The highest BCUT2D eigenvalue weighted by molar-refractivity contribution is 7.99. The Morgan fingerprint density at radius 2 is 1.84 bits per heavy atom. The summed E-state index contributed by atoms with van der Waals surface area (Å²) in [5.41, 5.74) is 2.65. The van der Waals surface area contributed by atoms with Gasteiger partial charge >= 0.3 is 5.97 Å². The number of esters is 1. The average molecular weight is 398 g/mol. The molecule has 0 bridgehead atoms. The molecule has 0 aromatic heterocycles. The molecule has 2 aromatic carbocycles. The van der Waals surface area contributed by atoms with E-state index in [1.807, 2.05) is 6.92 Å². The van der Waals surface area contributed by atoms with Crippen molar-refractivity contribution in [3.8, 4) is 0 Å². The molecule has 2 aromatic rings. The number of carbonyl (C=O) groups is 2. The van der Waals surface area contributed by atoms with Crippen LogP contribution in [-0.4, -0.2) is 24.7 Å².